The molecule has 2 N–H and O–H groups in total. The Balaban J connectivity index is 1.77. The lowest BCUT2D eigenvalue weighted by Gasteiger charge is -2.22. The number of aromatic nitrogens is 2. The summed E-state index contributed by atoms with van der Waals surface area (Å²) in [6.45, 7) is 0.733. The molecule has 2 aromatic rings. The highest BCUT2D eigenvalue weighted by molar-refractivity contribution is 5.24. The van der Waals surface area contributed by atoms with E-state index in [1.54, 1.807) is 12.1 Å². The predicted molar refractivity (Wildman–Crippen MR) is 75.8 cm³/mol. The van der Waals surface area contributed by atoms with Gasteiger partial charge in [0, 0.05) is 18.3 Å². The zero-order chi connectivity index (χ0) is 13.9. The summed E-state index contributed by atoms with van der Waals surface area (Å²) in [5.74, 6) is 1.16. The maximum absolute atomic E-state index is 12.9. The number of nitrogens with zero attached hydrogens (tertiary/aromatic N) is 2. The van der Waals surface area contributed by atoms with Gasteiger partial charge in [0.1, 0.15) is 11.6 Å². The number of fused-ring (bicyclic) bond motifs is 1. The first-order chi connectivity index (χ1) is 9.74. The molecule has 1 aromatic carbocycles. The maximum atomic E-state index is 12.9. The highest BCUT2D eigenvalue weighted by atomic mass is 19.1. The van der Waals surface area contributed by atoms with E-state index >= 15 is 0 Å². The third-order valence-corrected chi connectivity index (χ3v) is 3.91. The number of hydrogen-bond acceptors (Lipinski definition) is 3. The van der Waals surface area contributed by atoms with E-state index in [2.05, 4.69) is 9.97 Å². The molecule has 1 unspecified atom stereocenters. The summed E-state index contributed by atoms with van der Waals surface area (Å²) in [4.78, 5) is 9.09. The van der Waals surface area contributed by atoms with E-state index in [1.165, 1.54) is 17.7 Å². The van der Waals surface area contributed by atoms with Crippen LogP contribution in [-0.4, -0.2) is 16.5 Å². The first-order valence-electron chi connectivity index (χ1n) is 7.03. The lowest BCUT2D eigenvalue weighted by atomic mass is 9.87. The van der Waals surface area contributed by atoms with Gasteiger partial charge < -0.3 is 5.73 Å². The molecule has 1 aromatic heterocycles. The van der Waals surface area contributed by atoms with Crippen molar-refractivity contribution in [2.45, 2.75) is 25.7 Å². The average molecular weight is 271 g/mol. The summed E-state index contributed by atoms with van der Waals surface area (Å²) in [6, 6.07) is 6.50. The number of rotatable bonds is 3. The Morgan fingerprint density at radius 2 is 2.05 bits per heavy atom. The molecule has 4 heteroatoms. The monoisotopic (exact) mass is 271 g/mol. The third-order valence-electron chi connectivity index (χ3n) is 3.91. The zero-order valence-corrected chi connectivity index (χ0v) is 11.3. The molecular weight excluding hydrogens is 253 g/mol. The first-order valence-corrected chi connectivity index (χ1v) is 7.03. The van der Waals surface area contributed by atoms with Crippen LogP contribution in [0, 0.1) is 11.7 Å². The van der Waals surface area contributed by atoms with Gasteiger partial charge in [0.25, 0.3) is 0 Å². The Hall–Kier alpha value is -1.81. The second-order valence-corrected chi connectivity index (χ2v) is 5.41. The van der Waals surface area contributed by atoms with Crippen molar-refractivity contribution in [3.05, 3.63) is 58.9 Å². The second kappa shape index (κ2) is 5.67. The molecule has 0 bridgehead atoms. The van der Waals surface area contributed by atoms with Crippen molar-refractivity contribution in [3.63, 3.8) is 0 Å². The van der Waals surface area contributed by atoms with Gasteiger partial charge >= 0.3 is 0 Å². The van der Waals surface area contributed by atoms with Crippen molar-refractivity contribution in [2.24, 2.45) is 11.7 Å². The van der Waals surface area contributed by atoms with Gasteiger partial charge in [-0.25, -0.2) is 14.4 Å². The number of halogens is 1. The van der Waals surface area contributed by atoms with E-state index < -0.39 is 0 Å². The van der Waals surface area contributed by atoms with Crippen molar-refractivity contribution in [1.82, 2.24) is 9.97 Å². The number of benzene rings is 1. The molecule has 0 amide bonds. The second-order valence-electron chi connectivity index (χ2n) is 5.41. The Kier molecular flexibility index (Phi) is 3.74. The van der Waals surface area contributed by atoms with Crippen molar-refractivity contribution in [1.29, 1.82) is 0 Å². The highest BCUT2D eigenvalue weighted by Gasteiger charge is 2.19. The molecule has 20 heavy (non-hydrogen) atoms. The topological polar surface area (TPSA) is 51.8 Å². The molecule has 0 saturated carbocycles. The van der Waals surface area contributed by atoms with Crippen LogP contribution in [0.15, 0.2) is 30.5 Å². The van der Waals surface area contributed by atoms with E-state index in [1.807, 2.05) is 6.20 Å². The first kappa shape index (κ1) is 13.2. The Morgan fingerprint density at radius 1 is 1.25 bits per heavy atom. The van der Waals surface area contributed by atoms with Gasteiger partial charge in [-0.2, -0.15) is 0 Å². The zero-order valence-electron chi connectivity index (χ0n) is 11.3. The van der Waals surface area contributed by atoms with Crippen molar-refractivity contribution >= 4 is 0 Å². The molecule has 0 fully saturated rings. The molecule has 0 saturated heterocycles. The predicted octanol–water partition coefficient (Wildman–Crippen LogP) is 2.27. The molecule has 3 nitrogen and oxygen atoms in total. The molecule has 0 spiro atoms. The van der Waals surface area contributed by atoms with Crippen LogP contribution in [0.1, 0.15) is 29.1 Å². The van der Waals surface area contributed by atoms with E-state index in [0.717, 1.165) is 42.9 Å². The van der Waals surface area contributed by atoms with Crippen LogP contribution in [-0.2, 0) is 19.3 Å². The van der Waals surface area contributed by atoms with Gasteiger partial charge in [-0.1, -0.05) is 12.1 Å². The van der Waals surface area contributed by atoms with E-state index in [-0.39, 0.29) is 5.82 Å². The summed E-state index contributed by atoms with van der Waals surface area (Å²) < 4.78 is 12.9. The van der Waals surface area contributed by atoms with Gasteiger partial charge in [-0.15, -0.1) is 0 Å². The van der Waals surface area contributed by atoms with Gasteiger partial charge in [0.15, 0.2) is 0 Å². The van der Waals surface area contributed by atoms with Crippen LogP contribution >= 0.6 is 0 Å². The van der Waals surface area contributed by atoms with Gasteiger partial charge in [-0.05, 0) is 55.0 Å². The van der Waals surface area contributed by atoms with Crippen molar-refractivity contribution < 1.29 is 4.39 Å². The normalized spacial score (nSPS) is 17.8. The minimum Gasteiger partial charge on any atom is -0.330 e. The van der Waals surface area contributed by atoms with Crippen LogP contribution in [0.4, 0.5) is 4.39 Å². The summed E-state index contributed by atoms with van der Waals surface area (Å²) in [6.07, 6.45) is 5.66. The maximum Gasteiger partial charge on any atom is 0.132 e. The van der Waals surface area contributed by atoms with Gasteiger partial charge in [0.05, 0.1) is 0 Å². The smallest absolute Gasteiger partial charge is 0.132 e. The largest absolute Gasteiger partial charge is 0.330 e. The highest BCUT2D eigenvalue weighted by Crippen LogP contribution is 2.23. The lowest BCUT2D eigenvalue weighted by Crippen LogP contribution is -2.23. The van der Waals surface area contributed by atoms with Crippen LogP contribution in [0.25, 0.3) is 0 Å². The van der Waals surface area contributed by atoms with Gasteiger partial charge in [-0.3, -0.25) is 0 Å². The molecular formula is C16H18FN3. The minimum absolute atomic E-state index is 0.215. The summed E-state index contributed by atoms with van der Waals surface area (Å²) in [5.41, 5.74) is 9.15. The fourth-order valence-corrected chi connectivity index (χ4v) is 2.70. The standard InChI is InChI=1S/C16H18FN3/c17-14-4-1-11(2-5-14)8-16-19-10-13-7-12(9-18)3-6-15(13)20-16/h1-2,4-5,10,12H,3,6-9,18H2. The van der Waals surface area contributed by atoms with Crippen molar-refractivity contribution in [3.8, 4) is 0 Å². The Bertz CT molecular complexity index is 595. The molecule has 0 aliphatic heterocycles. The van der Waals surface area contributed by atoms with Crippen LogP contribution < -0.4 is 5.73 Å². The molecule has 104 valence electrons. The number of hydrogen-bond donors (Lipinski definition) is 1. The molecule has 0 radical (unpaired) electrons. The number of nitrogens with two attached hydrogens (primary N) is 1. The Morgan fingerprint density at radius 3 is 2.80 bits per heavy atom. The molecule has 1 aliphatic carbocycles. The van der Waals surface area contributed by atoms with Crippen LogP contribution in [0.5, 0.6) is 0 Å². The minimum atomic E-state index is -0.215. The van der Waals surface area contributed by atoms with E-state index in [0.29, 0.717) is 12.3 Å². The fraction of sp³-hybridized carbons (Fsp3) is 0.375. The third kappa shape index (κ3) is 2.85. The number of aryl methyl sites for hydroxylation is 1. The molecule has 3 rings (SSSR count). The van der Waals surface area contributed by atoms with Crippen LogP contribution in [0.2, 0.25) is 0 Å². The lowest BCUT2D eigenvalue weighted by molar-refractivity contribution is 0.460. The van der Waals surface area contributed by atoms with Crippen LogP contribution in [0.3, 0.4) is 0 Å². The summed E-state index contributed by atoms with van der Waals surface area (Å²) in [7, 11) is 0. The van der Waals surface area contributed by atoms with E-state index in [4.69, 9.17) is 5.73 Å². The molecule has 1 atom stereocenters. The van der Waals surface area contributed by atoms with Gasteiger partial charge in [0.2, 0.25) is 0 Å². The quantitative estimate of drug-likeness (QED) is 0.931. The van der Waals surface area contributed by atoms with E-state index in [9.17, 15) is 4.39 Å². The summed E-state index contributed by atoms with van der Waals surface area (Å²) >= 11 is 0. The SMILES string of the molecule is NCC1CCc2nc(Cc3ccc(F)cc3)ncc2C1. The fourth-order valence-electron chi connectivity index (χ4n) is 2.70. The van der Waals surface area contributed by atoms with Crippen molar-refractivity contribution in [2.75, 3.05) is 6.54 Å². The average Bonchev–Trinajstić information content (AvgIpc) is 2.49. The molecule has 1 aliphatic rings. The summed E-state index contributed by atoms with van der Waals surface area (Å²) in [5, 5.41) is 0. The molecule has 1 heterocycles. The Labute approximate surface area is 118 Å².